The highest BCUT2D eigenvalue weighted by molar-refractivity contribution is 5.82. The number of carboxylic acid groups (broad SMARTS) is 1. The van der Waals surface area contributed by atoms with Gasteiger partial charge in [-0.15, -0.1) is 0 Å². The number of nitrogens with zero attached hydrogens (tertiary/aromatic N) is 1. The minimum atomic E-state index is -0.979. The first-order valence-corrected chi connectivity index (χ1v) is 5.75. The van der Waals surface area contributed by atoms with Crippen LogP contribution in [0.5, 0.6) is 0 Å². The Hall–Kier alpha value is -1.10. The van der Waals surface area contributed by atoms with Gasteiger partial charge in [0, 0.05) is 18.5 Å². The van der Waals surface area contributed by atoms with Crippen LogP contribution in [0.2, 0.25) is 0 Å². The summed E-state index contributed by atoms with van der Waals surface area (Å²) in [7, 11) is 0. The van der Waals surface area contributed by atoms with E-state index in [0.29, 0.717) is 6.54 Å². The third kappa shape index (κ3) is 3.48. The van der Waals surface area contributed by atoms with Gasteiger partial charge in [-0.3, -0.25) is 9.59 Å². The molecule has 1 aliphatic carbocycles. The molecule has 1 amide bonds. The fourth-order valence-corrected chi connectivity index (χ4v) is 2.21. The van der Waals surface area contributed by atoms with Crippen molar-refractivity contribution in [3.63, 3.8) is 0 Å². The van der Waals surface area contributed by atoms with Gasteiger partial charge in [0.25, 0.3) is 0 Å². The van der Waals surface area contributed by atoms with Gasteiger partial charge in [0.1, 0.15) is 6.54 Å². The number of carbonyl (C=O) groups excluding carboxylic acids is 1. The van der Waals surface area contributed by atoms with Crippen molar-refractivity contribution in [2.45, 2.75) is 44.6 Å². The van der Waals surface area contributed by atoms with Gasteiger partial charge in [-0.25, -0.2) is 0 Å². The van der Waals surface area contributed by atoms with Crippen LogP contribution < -0.4 is 5.73 Å². The number of aliphatic carboxylic acids is 1. The Morgan fingerprint density at radius 1 is 1.38 bits per heavy atom. The first-order chi connectivity index (χ1) is 7.47. The fourth-order valence-electron chi connectivity index (χ4n) is 2.21. The smallest absolute Gasteiger partial charge is 0.323 e. The summed E-state index contributed by atoms with van der Waals surface area (Å²) in [6, 6.07) is 0. The van der Waals surface area contributed by atoms with Gasteiger partial charge in [-0.1, -0.05) is 12.8 Å². The van der Waals surface area contributed by atoms with Gasteiger partial charge >= 0.3 is 5.97 Å². The maximum Gasteiger partial charge on any atom is 0.323 e. The third-order valence-electron chi connectivity index (χ3n) is 3.16. The fraction of sp³-hybridized carbons (Fsp3) is 0.818. The number of nitrogens with two attached hydrogens (primary N) is 1. The Morgan fingerprint density at radius 2 is 1.94 bits per heavy atom. The van der Waals surface area contributed by atoms with Gasteiger partial charge in [0.15, 0.2) is 0 Å². The summed E-state index contributed by atoms with van der Waals surface area (Å²) in [6.07, 6.45) is 4.13. The van der Waals surface area contributed by atoms with E-state index in [9.17, 15) is 9.59 Å². The van der Waals surface area contributed by atoms with E-state index in [0.717, 1.165) is 25.7 Å². The molecular formula is C11H20N2O3. The van der Waals surface area contributed by atoms with Gasteiger partial charge in [0.05, 0.1) is 0 Å². The molecule has 0 aromatic carbocycles. The second-order valence-electron chi connectivity index (χ2n) is 4.55. The molecule has 0 atom stereocenters. The highest BCUT2D eigenvalue weighted by Gasteiger charge is 2.33. The van der Waals surface area contributed by atoms with E-state index in [2.05, 4.69) is 0 Å². The molecule has 0 bridgehead atoms. The molecule has 0 unspecified atom stereocenters. The van der Waals surface area contributed by atoms with E-state index < -0.39 is 11.5 Å². The molecule has 1 saturated carbocycles. The number of likely N-dealkylation sites (N-methyl/N-ethyl adjacent to an activating group) is 1. The molecule has 5 heteroatoms. The first-order valence-electron chi connectivity index (χ1n) is 5.75. The largest absolute Gasteiger partial charge is 0.480 e. The summed E-state index contributed by atoms with van der Waals surface area (Å²) in [6.45, 7) is 1.96. The van der Waals surface area contributed by atoms with Crippen LogP contribution in [0.3, 0.4) is 0 Å². The average Bonchev–Trinajstić information content (AvgIpc) is 2.60. The number of carboxylic acids is 1. The van der Waals surface area contributed by atoms with E-state index in [1.54, 1.807) is 6.92 Å². The Bertz CT molecular complexity index is 272. The van der Waals surface area contributed by atoms with Crippen LogP contribution in [-0.2, 0) is 9.59 Å². The number of rotatable bonds is 5. The normalized spacial score (nSPS) is 18.4. The molecule has 5 nitrogen and oxygen atoms in total. The van der Waals surface area contributed by atoms with Crippen molar-refractivity contribution in [2.24, 2.45) is 5.73 Å². The van der Waals surface area contributed by atoms with Crippen LogP contribution in [0.15, 0.2) is 0 Å². The molecule has 1 aliphatic rings. The van der Waals surface area contributed by atoms with Crippen molar-refractivity contribution >= 4 is 11.9 Å². The number of amides is 1. The topological polar surface area (TPSA) is 83.6 Å². The third-order valence-corrected chi connectivity index (χ3v) is 3.16. The van der Waals surface area contributed by atoms with Crippen molar-refractivity contribution in [3.8, 4) is 0 Å². The molecule has 0 spiro atoms. The molecule has 3 N–H and O–H groups in total. The summed E-state index contributed by atoms with van der Waals surface area (Å²) in [5.41, 5.74) is 5.69. The maximum absolute atomic E-state index is 11.9. The average molecular weight is 228 g/mol. The first kappa shape index (κ1) is 13.0. The van der Waals surface area contributed by atoms with Crippen LogP contribution in [0.25, 0.3) is 0 Å². The highest BCUT2D eigenvalue weighted by Crippen LogP contribution is 2.30. The van der Waals surface area contributed by atoms with E-state index in [4.69, 9.17) is 10.8 Å². The van der Waals surface area contributed by atoms with Crippen molar-refractivity contribution in [1.82, 2.24) is 4.90 Å². The molecule has 1 rings (SSSR count). The number of carbonyl (C=O) groups is 2. The van der Waals surface area contributed by atoms with E-state index in [1.807, 2.05) is 0 Å². The monoisotopic (exact) mass is 228 g/mol. The number of hydrogen-bond acceptors (Lipinski definition) is 3. The Kier molecular flexibility index (Phi) is 4.29. The Balaban J connectivity index is 2.51. The standard InChI is InChI=1S/C11H20N2O3/c1-2-13(8-10(15)16)9(14)7-11(12)5-3-4-6-11/h2-8,12H2,1H3,(H,15,16). The van der Waals surface area contributed by atoms with Gasteiger partial charge < -0.3 is 15.7 Å². The van der Waals surface area contributed by atoms with Crippen molar-refractivity contribution in [1.29, 1.82) is 0 Å². The SMILES string of the molecule is CCN(CC(=O)O)C(=O)CC1(N)CCCC1. The van der Waals surface area contributed by atoms with Crippen molar-refractivity contribution in [3.05, 3.63) is 0 Å². The summed E-state index contributed by atoms with van der Waals surface area (Å²) in [5.74, 6) is -1.12. The quantitative estimate of drug-likeness (QED) is 0.721. The second-order valence-corrected chi connectivity index (χ2v) is 4.55. The lowest BCUT2D eigenvalue weighted by molar-refractivity contribution is -0.144. The van der Waals surface area contributed by atoms with E-state index in [-0.39, 0.29) is 18.9 Å². The molecule has 0 heterocycles. The Morgan fingerprint density at radius 3 is 2.38 bits per heavy atom. The summed E-state index contributed by atoms with van der Waals surface area (Å²) in [4.78, 5) is 23.8. The Labute approximate surface area is 95.6 Å². The zero-order valence-corrected chi connectivity index (χ0v) is 9.74. The van der Waals surface area contributed by atoms with Crippen molar-refractivity contribution in [2.75, 3.05) is 13.1 Å². The van der Waals surface area contributed by atoms with Gasteiger partial charge in [-0.05, 0) is 19.8 Å². The lowest BCUT2D eigenvalue weighted by Gasteiger charge is -2.27. The number of hydrogen-bond donors (Lipinski definition) is 2. The molecule has 0 aromatic rings. The summed E-state index contributed by atoms with van der Waals surface area (Å²) >= 11 is 0. The molecule has 92 valence electrons. The second kappa shape index (κ2) is 5.30. The van der Waals surface area contributed by atoms with Crippen LogP contribution in [0, 0.1) is 0 Å². The zero-order chi connectivity index (χ0) is 12.2. The maximum atomic E-state index is 11.9. The molecule has 0 aromatic heterocycles. The van der Waals surface area contributed by atoms with Gasteiger partial charge in [-0.2, -0.15) is 0 Å². The minimum Gasteiger partial charge on any atom is -0.480 e. The van der Waals surface area contributed by atoms with E-state index >= 15 is 0 Å². The van der Waals surface area contributed by atoms with E-state index in [1.165, 1.54) is 4.90 Å². The molecule has 1 fully saturated rings. The molecule has 0 radical (unpaired) electrons. The summed E-state index contributed by atoms with van der Waals surface area (Å²) in [5, 5.41) is 8.66. The lowest BCUT2D eigenvalue weighted by Crippen LogP contribution is -2.45. The minimum absolute atomic E-state index is 0.144. The zero-order valence-electron chi connectivity index (χ0n) is 9.74. The molecule has 0 aliphatic heterocycles. The lowest BCUT2D eigenvalue weighted by atomic mass is 9.94. The van der Waals surface area contributed by atoms with Crippen LogP contribution in [0.1, 0.15) is 39.0 Å². The highest BCUT2D eigenvalue weighted by atomic mass is 16.4. The van der Waals surface area contributed by atoms with Crippen molar-refractivity contribution < 1.29 is 14.7 Å². The van der Waals surface area contributed by atoms with Gasteiger partial charge in [0.2, 0.25) is 5.91 Å². The van der Waals surface area contributed by atoms with Crippen LogP contribution in [-0.4, -0.2) is 40.5 Å². The predicted molar refractivity (Wildman–Crippen MR) is 59.9 cm³/mol. The summed E-state index contributed by atoms with van der Waals surface area (Å²) < 4.78 is 0. The molecule has 16 heavy (non-hydrogen) atoms. The van der Waals surface area contributed by atoms with Crippen LogP contribution >= 0.6 is 0 Å². The predicted octanol–water partition coefficient (Wildman–Crippen LogP) is 0.581. The molecule has 0 saturated heterocycles. The van der Waals surface area contributed by atoms with Crippen LogP contribution in [0.4, 0.5) is 0 Å². The molecular weight excluding hydrogens is 208 g/mol.